The third kappa shape index (κ3) is 6.25. The van der Waals surface area contributed by atoms with Gasteiger partial charge >= 0.3 is 0 Å². The van der Waals surface area contributed by atoms with Gasteiger partial charge < -0.3 is 10.1 Å². The van der Waals surface area contributed by atoms with Gasteiger partial charge in [0.25, 0.3) is 0 Å². The van der Waals surface area contributed by atoms with Crippen LogP contribution < -0.4 is 10.7 Å². The summed E-state index contributed by atoms with van der Waals surface area (Å²) >= 11 is 5.21. The summed E-state index contributed by atoms with van der Waals surface area (Å²) in [5.74, 6) is 0. The zero-order valence-corrected chi connectivity index (χ0v) is 10.9. The molecule has 94 valence electrons. The van der Waals surface area contributed by atoms with Crippen molar-refractivity contribution in [3.8, 4) is 0 Å². The Bertz CT molecular complexity index is 196. The third-order valence-corrected chi connectivity index (χ3v) is 2.82. The second-order valence-electron chi connectivity index (χ2n) is 4.03. The number of unbranched alkanes of at least 4 members (excludes halogenated alkanes) is 3. The molecule has 0 unspecified atom stereocenters. The first-order valence-corrected chi connectivity index (χ1v) is 6.61. The lowest BCUT2D eigenvalue weighted by Gasteiger charge is -2.28. The van der Waals surface area contributed by atoms with E-state index in [4.69, 9.17) is 17.0 Å². The van der Waals surface area contributed by atoms with Crippen molar-refractivity contribution in [2.45, 2.75) is 32.6 Å². The first-order chi connectivity index (χ1) is 7.83. The second-order valence-corrected chi connectivity index (χ2v) is 4.44. The van der Waals surface area contributed by atoms with Gasteiger partial charge in [-0.25, -0.2) is 5.01 Å². The maximum atomic E-state index is 5.26. The Morgan fingerprint density at radius 1 is 1.25 bits per heavy atom. The Kier molecular flexibility index (Phi) is 7.46. The molecule has 0 bridgehead atoms. The Labute approximate surface area is 104 Å². The maximum absolute atomic E-state index is 5.26. The van der Waals surface area contributed by atoms with E-state index in [0.29, 0.717) is 0 Å². The summed E-state index contributed by atoms with van der Waals surface area (Å²) < 4.78 is 5.26. The number of nitrogens with zero attached hydrogens (tertiary/aromatic N) is 1. The number of hydrogen-bond acceptors (Lipinski definition) is 3. The summed E-state index contributed by atoms with van der Waals surface area (Å²) in [7, 11) is 0. The zero-order chi connectivity index (χ0) is 11.6. The van der Waals surface area contributed by atoms with Crippen molar-refractivity contribution < 1.29 is 4.74 Å². The van der Waals surface area contributed by atoms with E-state index in [-0.39, 0.29) is 0 Å². The molecule has 0 saturated carbocycles. The third-order valence-electron chi connectivity index (χ3n) is 2.59. The number of thiocarbonyl (C=S) groups is 1. The lowest BCUT2D eigenvalue weighted by molar-refractivity contribution is 0.0247. The predicted molar refractivity (Wildman–Crippen MR) is 70.3 cm³/mol. The molecule has 1 aliphatic heterocycles. The summed E-state index contributed by atoms with van der Waals surface area (Å²) in [5, 5.41) is 6.06. The van der Waals surface area contributed by atoms with E-state index in [9.17, 15) is 0 Å². The fourth-order valence-corrected chi connectivity index (χ4v) is 1.84. The molecular weight excluding hydrogens is 222 g/mol. The highest BCUT2D eigenvalue weighted by Gasteiger charge is 2.10. The van der Waals surface area contributed by atoms with E-state index in [1.54, 1.807) is 0 Å². The average Bonchev–Trinajstić information content (AvgIpc) is 2.30. The van der Waals surface area contributed by atoms with Gasteiger partial charge in [-0.05, 0) is 18.6 Å². The normalized spacial score (nSPS) is 17.1. The standard InChI is InChI=1S/C11H23N3OS/c1-2-3-4-5-6-12-11(16)13-14-7-9-15-10-8-14/h2-10H2,1H3,(H2,12,13,16). The number of hydrogen-bond donors (Lipinski definition) is 2. The molecule has 0 amide bonds. The zero-order valence-electron chi connectivity index (χ0n) is 10.1. The molecule has 0 radical (unpaired) electrons. The van der Waals surface area contributed by atoms with Crippen molar-refractivity contribution in [3.63, 3.8) is 0 Å². The van der Waals surface area contributed by atoms with E-state index in [1.807, 2.05) is 0 Å². The molecule has 0 aromatic rings. The highest BCUT2D eigenvalue weighted by Crippen LogP contribution is 1.97. The SMILES string of the molecule is CCCCCCNC(=S)NN1CCOCC1. The van der Waals surface area contributed by atoms with Crippen molar-refractivity contribution in [3.05, 3.63) is 0 Å². The summed E-state index contributed by atoms with van der Waals surface area (Å²) in [6, 6.07) is 0. The van der Waals surface area contributed by atoms with Crippen molar-refractivity contribution in [1.82, 2.24) is 15.8 Å². The number of hydrazine groups is 1. The molecule has 2 N–H and O–H groups in total. The fourth-order valence-electron chi connectivity index (χ4n) is 1.61. The van der Waals surface area contributed by atoms with Crippen LogP contribution in [-0.2, 0) is 4.74 Å². The Morgan fingerprint density at radius 3 is 2.69 bits per heavy atom. The van der Waals surface area contributed by atoms with Gasteiger partial charge in [-0.1, -0.05) is 26.2 Å². The molecule has 1 saturated heterocycles. The van der Waals surface area contributed by atoms with E-state index in [2.05, 4.69) is 22.7 Å². The molecule has 0 spiro atoms. The van der Waals surface area contributed by atoms with E-state index >= 15 is 0 Å². The van der Waals surface area contributed by atoms with Crippen LogP contribution >= 0.6 is 12.2 Å². The molecule has 0 aromatic carbocycles. The van der Waals surface area contributed by atoms with Gasteiger partial charge in [-0.15, -0.1) is 0 Å². The van der Waals surface area contributed by atoms with Gasteiger partial charge in [0.05, 0.1) is 13.2 Å². The van der Waals surface area contributed by atoms with Crippen LogP contribution in [0.25, 0.3) is 0 Å². The van der Waals surface area contributed by atoms with E-state index < -0.39 is 0 Å². The first-order valence-electron chi connectivity index (χ1n) is 6.20. The monoisotopic (exact) mass is 245 g/mol. The van der Waals surface area contributed by atoms with Crippen LogP contribution in [0, 0.1) is 0 Å². The summed E-state index contributed by atoms with van der Waals surface area (Å²) in [6.07, 6.45) is 5.06. The summed E-state index contributed by atoms with van der Waals surface area (Å²) in [6.45, 7) is 6.56. The van der Waals surface area contributed by atoms with Gasteiger partial charge in [0.15, 0.2) is 5.11 Å². The largest absolute Gasteiger partial charge is 0.379 e. The molecule has 1 aliphatic rings. The highest BCUT2D eigenvalue weighted by atomic mass is 32.1. The molecule has 0 aromatic heterocycles. The van der Waals surface area contributed by atoms with Gasteiger partial charge in [-0.3, -0.25) is 5.43 Å². The van der Waals surface area contributed by atoms with Gasteiger partial charge in [0.2, 0.25) is 0 Å². The molecule has 16 heavy (non-hydrogen) atoms. The van der Waals surface area contributed by atoms with Gasteiger partial charge in [0.1, 0.15) is 0 Å². The maximum Gasteiger partial charge on any atom is 0.181 e. The van der Waals surface area contributed by atoms with Crippen LogP contribution in [0.2, 0.25) is 0 Å². The minimum atomic E-state index is 0.735. The lowest BCUT2D eigenvalue weighted by Crippen LogP contribution is -2.51. The van der Waals surface area contributed by atoms with Crippen LogP contribution in [0.4, 0.5) is 0 Å². The van der Waals surface area contributed by atoms with Crippen LogP contribution in [0.5, 0.6) is 0 Å². The Morgan fingerprint density at radius 2 is 2.00 bits per heavy atom. The topological polar surface area (TPSA) is 36.5 Å². The molecule has 1 fully saturated rings. The van der Waals surface area contributed by atoms with Crippen LogP contribution in [0.3, 0.4) is 0 Å². The number of ether oxygens (including phenoxy) is 1. The molecule has 1 rings (SSSR count). The summed E-state index contributed by atoms with van der Waals surface area (Å²) in [5.41, 5.74) is 3.18. The van der Waals surface area contributed by atoms with Crippen molar-refractivity contribution in [2.24, 2.45) is 0 Å². The Hall–Kier alpha value is -0.390. The molecule has 1 heterocycles. The Balaban J connectivity index is 1.97. The number of rotatable bonds is 6. The quantitative estimate of drug-likeness (QED) is 0.544. The highest BCUT2D eigenvalue weighted by molar-refractivity contribution is 7.80. The molecule has 4 nitrogen and oxygen atoms in total. The van der Waals surface area contributed by atoms with Crippen molar-refractivity contribution in [2.75, 3.05) is 32.8 Å². The fraction of sp³-hybridized carbons (Fsp3) is 0.909. The first kappa shape index (κ1) is 13.7. The second kappa shape index (κ2) is 8.73. The van der Waals surface area contributed by atoms with Gasteiger partial charge in [0, 0.05) is 19.6 Å². The van der Waals surface area contributed by atoms with Crippen molar-refractivity contribution >= 4 is 17.3 Å². The molecule has 5 heteroatoms. The summed E-state index contributed by atoms with van der Waals surface area (Å²) in [4.78, 5) is 0. The van der Waals surface area contributed by atoms with Crippen LogP contribution in [0.15, 0.2) is 0 Å². The lowest BCUT2D eigenvalue weighted by atomic mass is 10.2. The molecule has 0 aliphatic carbocycles. The molecular formula is C11H23N3OS. The average molecular weight is 245 g/mol. The number of morpholine rings is 1. The van der Waals surface area contributed by atoms with Gasteiger partial charge in [-0.2, -0.15) is 0 Å². The minimum Gasteiger partial charge on any atom is -0.379 e. The van der Waals surface area contributed by atoms with E-state index in [1.165, 1.54) is 25.7 Å². The minimum absolute atomic E-state index is 0.735. The van der Waals surface area contributed by atoms with E-state index in [0.717, 1.165) is 38.0 Å². The van der Waals surface area contributed by atoms with Crippen molar-refractivity contribution in [1.29, 1.82) is 0 Å². The predicted octanol–water partition coefficient (Wildman–Crippen LogP) is 1.28. The molecule has 0 atom stereocenters. The van der Waals surface area contributed by atoms with Crippen LogP contribution in [0.1, 0.15) is 32.6 Å². The van der Waals surface area contributed by atoms with Crippen LogP contribution in [-0.4, -0.2) is 43.0 Å². The number of nitrogens with one attached hydrogen (secondary N) is 2. The smallest absolute Gasteiger partial charge is 0.181 e.